The van der Waals surface area contributed by atoms with Gasteiger partial charge >= 0.3 is 0 Å². The van der Waals surface area contributed by atoms with E-state index in [0.717, 1.165) is 16.9 Å². The summed E-state index contributed by atoms with van der Waals surface area (Å²) >= 11 is 0. The van der Waals surface area contributed by atoms with Crippen LogP contribution in [0.1, 0.15) is 18.1 Å². The van der Waals surface area contributed by atoms with Gasteiger partial charge in [-0.05, 0) is 31.5 Å². The number of carbonyl (C=O) groups excluding carboxylic acids is 1. The van der Waals surface area contributed by atoms with Crippen molar-refractivity contribution in [2.24, 2.45) is 0 Å². The van der Waals surface area contributed by atoms with Crippen molar-refractivity contribution in [3.05, 3.63) is 41.6 Å². The van der Waals surface area contributed by atoms with Crippen LogP contribution in [0.15, 0.2) is 30.5 Å². The first-order valence-corrected chi connectivity index (χ1v) is 6.20. The molecule has 0 spiro atoms. The summed E-state index contributed by atoms with van der Waals surface area (Å²) in [5.41, 5.74) is 1.86. The van der Waals surface area contributed by atoms with Crippen LogP contribution < -0.4 is 10.1 Å². The SMILES string of the molecule is CCOc1ccc(CC(=O)Nc2[nH]ncc2C)cc1. The van der Waals surface area contributed by atoms with Gasteiger partial charge in [0, 0.05) is 5.56 Å². The average molecular weight is 259 g/mol. The Morgan fingerprint density at radius 3 is 2.68 bits per heavy atom. The molecule has 1 amide bonds. The summed E-state index contributed by atoms with van der Waals surface area (Å²) in [5.74, 6) is 1.39. The molecule has 0 saturated carbocycles. The molecule has 0 bridgehead atoms. The largest absolute Gasteiger partial charge is 0.494 e. The van der Waals surface area contributed by atoms with E-state index in [-0.39, 0.29) is 5.91 Å². The molecule has 19 heavy (non-hydrogen) atoms. The number of nitrogens with zero attached hydrogens (tertiary/aromatic N) is 1. The molecule has 0 atom stereocenters. The Bertz CT molecular complexity index is 546. The summed E-state index contributed by atoms with van der Waals surface area (Å²) in [6.45, 7) is 4.46. The van der Waals surface area contributed by atoms with Gasteiger partial charge in [-0.3, -0.25) is 9.89 Å². The highest BCUT2D eigenvalue weighted by molar-refractivity contribution is 5.91. The molecule has 0 fully saturated rings. The zero-order chi connectivity index (χ0) is 13.7. The number of carbonyl (C=O) groups is 1. The van der Waals surface area contributed by atoms with Crippen LogP contribution >= 0.6 is 0 Å². The van der Waals surface area contributed by atoms with E-state index in [1.54, 1.807) is 6.20 Å². The second kappa shape index (κ2) is 6.04. The lowest BCUT2D eigenvalue weighted by Crippen LogP contribution is -2.15. The third kappa shape index (κ3) is 3.58. The molecule has 1 aromatic carbocycles. The Morgan fingerprint density at radius 2 is 2.11 bits per heavy atom. The van der Waals surface area contributed by atoms with Crippen LogP contribution in [-0.4, -0.2) is 22.7 Å². The molecule has 5 nitrogen and oxygen atoms in total. The standard InChI is InChI=1S/C14H17N3O2/c1-3-19-12-6-4-11(5-7-12)8-13(18)16-14-10(2)9-15-17-14/h4-7,9H,3,8H2,1-2H3,(H2,15,16,17,18). The highest BCUT2D eigenvalue weighted by Crippen LogP contribution is 2.13. The lowest BCUT2D eigenvalue weighted by molar-refractivity contribution is -0.115. The summed E-state index contributed by atoms with van der Waals surface area (Å²) in [6, 6.07) is 7.52. The Morgan fingerprint density at radius 1 is 1.37 bits per heavy atom. The van der Waals surface area contributed by atoms with E-state index in [1.165, 1.54) is 0 Å². The molecule has 0 saturated heterocycles. The van der Waals surface area contributed by atoms with E-state index in [1.807, 2.05) is 38.1 Å². The maximum Gasteiger partial charge on any atom is 0.229 e. The van der Waals surface area contributed by atoms with Gasteiger partial charge in [-0.2, -0.15) is 5.10 Å². The molecule has 2 aromatic rings. The second-order valence-electron chi connectivity index (χ2n) is 4.23. The number of ether oxygens (including phenoxy) is 1. The molecule has 5 heteroatoms. The zero-order valence-electron chi connectivity index (χ0n) is 11.1. The molecular formula is C14H17N3O2. The highest BCUT2D eigenvalue weighted by Gasteiger charge is 2.07. The number of H-pyrrole nitrogens is 1. The van der Waals surface area contributed by atoms with Crippen molar-refractivity contribution in [1.29, 1.82) is 0 Å². The van der Waals surface area contributed by atoms with Gasteiger partial charge < -0.3 is 10.1 Å². The number of hydrogen-bond acceptors (Lipinski definition) is 3. The van der Waals surface area contributed by atoms with Gasteiger partial charge in [-0.1, -0.05) is 12.1 Å². The maximum atomic E-state index is 11.9. The minimum atomic E-state index is -0.0727. The fraction of sp³-hybridized carbons (Fsp3) is 0.286. The molecule has 100 valence electrons. The number of aromatic amines is 1. The van der Waals surface area contributed by atoms with Crippen LogP contribution in [0, 0.1) is 6.92 Å². The van der Waals surface area contributed by atoms with E-state index in [2.05, 4.69) is 15.5 Å². The average Bonchev–Trinajstić information content (AvgIpc) is 2.78. The van der Waals surface area contributed by atoms with E-state index in [0.29, 0.717) is 18.8 Å². The van der Waals surface area contributed by atoms with Crippen molar-refractivity contribution in [2.75, 3.05) is 11.9 Å². The van der Waals surface area contributed by atoms with Crippen molar-refractivity contribution >= 4 is 11.7 Å². The fourth-order valence-corrected chi connectivity index (χ4v) is 1.71. The predicted molar refractivity (Wildman–Crippen MR) is 73.3 cm³/mol. The molecule has 1 aromatic heterocycles. The van der Waals surface area contributed by atoms with Gasteiger partial charge in [0.15, 0.2) is 0 Å². The van der Waals surface area contributed by atoms with Crippen molar-refractivity contribution in [3.8, 4) is 5.75 Å². The Hall–Kier alpha value is -2.30. The highest BCUT2D eigenvalue weighted by atomic mass is 16.5. The number of amides is 1. The minimum absolute atomic E-state index is 0.0727. The van der Waals surface area contributed by atoms with E-state index < -0.39 is 0 Å². The van der Waals surface area contributed by atoms with Crippen LogP contribution in [-0.2, 0) is 11.2 Å². The third-order valence-corrected chi connectivity index (χ3v) is 2.69. The smallest absolute Gasteiger partial charge is 0.229 e. The number of hydrogen-bond donors (Lipinski definition) is 2. The second-order valence-corrected chi connectivity index (χ2v) is 4.23. The van der Waals surface area contributed by atoms with Crippen LogP contribution in [0.5, 0.6) is 5.75 Å². The van der Waals surface area contributed by atoms with Crippen LogP contribution in [0.25, 0.3) is 0 Å². The van der Waals surface area contributed by atoms with Gasteiger partial charge in [0.05, 0.1) is 19.2 Å². The normalized spacial score (nSPS) is 10.2. The molecule has 0 aliphatic carbocycles. The topological polar surface area (TPSA) is 67.0 Å². The van der Waals surface area contributed by atoms with E-state index in [4.69, 9.17) is 4.74 Å². The van der Waals surface area contributed by atoms with Gasteiger partial charge in [0.2, 0.25) is 5.91 Å². The Kier molecular flexibility index (Phi) is 4.18. The summed E-state index contributed by atoms with van der Waals surface area (Å²) in [6.07, 6.45) is 2.00. The van der Waals surface area contributed by atoms with Crippen LogP contribution in [0.2, 0.25) is 0 Å². The van der Waals surface area contributed by atoms with Gasteiger partial charge in [-0.15, -0.1) is 0 Å². The van der Waals surface area contributed by atoms with Gasteiger partial charge in [0.25, 0.3) is 0 Å². The van der Waals surface area contributed by atoms with Crippen molar-refractivity contribution in [2.45, 2.75) is 20.3 Å². The van der Waals surface area contributed by atoms with Crippen molar-refractivity contribution < 1.29 is 9.53 Å². The summed E-state index contributed by atoms with van der Waals surface area (Å²) in [5, 5.41) is 9.39. The van der Waals surface area contributed by atoms with Crippen LogP contribution in [0.4, 0.5) is 5.82 Å². The molecule has 2 rings (SSSR count). The van der Waals surface area contributed by atoms with Crippen LogP contribution in [0.3, 0.4) is 0 Å². The van der Waals surface area contributed by atoms with Gasteiger partial charge in [0.1, 0.15) is 11.6 Å². The quantitative estimate of drug-likeness (QED) is 0.865. The minimum Gasteiger partial charge on any atom is -0.494 e. The molecular weight excluding hydrogens is 242 g/mol. The van der Waals surface area contributed by atoms with Crippen molar-refractivity contribution in [3.63, 3.8) is 0 Å². The summed E-state index contributed by atoms with van der Waals surface area (Å²) in [4.78, 5) is 11.9. The zero-order valence-corrected chi connectivity index (χ0v) is 11.1. The molecule has 0 aliphatic rings. The van der Waals surface area contributed by atoms with Gasteiger partial charge in [-0.25, -0.2) is 0 Å². The Labute approximate surface area is 112 Å². The molecule has 0 radical (unpaired) electrons. The molecule has 1 heterocycles. The molecule has 2 N–H and O–H groups in total. The van der Waals surface area contributed by atoms with E-state index in [9.17, 15) is 4.79 Å². The summed E-state index contributed by atoms with van der Waals surface area (Å²) < 4.78 is 5.35. The number of rotatable bonds is 5. The number of aromatic nitrogens is 2. The number of benzene rings is 1. The first-order valence-electron chi connectivity index (χ1n) is 6.20. The number of aryl methyl sites for hydroxylation is 1. The Balaban J connectivity index is 1.93. The number of anilines is 1. The molecule has 0 unspecified atom stereocenters. The monoisotopic (exact) mass is 259 g/mol. The first-order chi connectivity index (χ1) is 9.19. The fourth-order valence-electron chi connectivity index (χ4n) is 1.71. The van der Waals surface area contributed by atoms with E-state index >= 15 is 0 Å². The maximum absolute atomic E-state index is 11.9. The lowest BCUT2D eigenvalue weighted by atomic mass is 10.1. The number of nitrogens with one attached hydrogen (secondary N) is 2. The first kappa shape index (κ1) is 13.1. The van der Waals surface area contributed by atoms with Crippen molar-refractivity contribution in [1.82, 2.24) is 10.2 Å². The molecule has 0 aliphatic heterocycles. The predicted octanol–water partition coefficient (Wildman–Crippen LogP) is 2.30. The lowest BCUT2D eigenvalue weighted by Gasteiger charge is -2.06. The third-order valence-electron chi connectivity index (χ3n) is 2.69. The summed E-state index contributed by atoms with van der Waals surface area (Å²) in [7, 11) is 0.